The zero-order valence-electron chi connectivity index (χ0n) is 17.7. The monoisotopic (exact) mass is 566 g/mol. The van der Waals surface area contributed by atoms with Crippen LogP contribution in [0.2, 0.25) is 0 Å². The van der Waals surface area contributed by atoms with E-state index in [2.05, 4.69) is 32.8 Å². The van der Waals surface area contributed by atoms with Crippen LogP contribution in [0.5, 0.6) is 11.5 Å². The fourth-order valence-corrected chi connectivity index (χ4v) is 5.35. The molecule has 4 rings (SSSR count). The summed E-state index contributed by atoms with van der Waals surface area (Å²) in [5.74, 6) is 2.10. The van der Waals surface area contributed by atoms with Gasteiger partial charge in [0.05, 0.1) is 24.8 Å². The number of rotatable bonds is 6. The van der Waals surface area contributed by atoms with Crippen LogP contribution in [0, 0.1) is 3.57 Å². The standard InChI is InChI=1S/C22H23IN4O4S/c1-30-17-5-9-21(31-2)19(15-17)20-8-10-22(25-24-20)26-11-13-27(14-12-26)32(28,29)18-6-3-16(23)4-7-18/h3-10,15H,11-14H2,1-2H3. The largest absolute Gasteiger partial charge is 0.497 e. The van der Waals surface area contributed by atoms with Crippen molar-refractivity contribution in [2.75, 3.05) is 45.3 Å². The Balaban J connectivity index is 1.46. The third-order valence-corrected chi connectivity index (χ3v) is 7.98. The number of piperazine rings is 1. The molecule has 3 aromatic rings. The molecule has 0 aliphatic carbocycles. The number of benzene rings is 2. The summed E-state index contributed by atoms with van der Waals surface area (Å²) in [6, 6.07) is 16.2. The maximum atomic E-state index is 12.9. The first kappa shape index (κ1) is 22.7. The molecule has 0 bridgehead atoms. The van der Waals surface area contributed by atoms with Crippen molar-refractivity contribution in [3.8, 4) is 22.8 Å². The molecule has 10 heteroatoms. The molecule has 2 heterocycles. The van der Waals surface area contributed by atoms with Crippen LogP contribution in [-0.2, 0) is 10.0 Å². The van der Waals surface area contributed by atoms with E-state index in [4.69, 9.17) is 9.47 Å². The number of anilines is 1. The minimum atomic E-state index is -3.50. The molecule has 0 radical (unpaired) electrons. The Kier molecular flexibility index (Phi) is 6.82. The van der Waals surface area contributed by atoms with Gasteiger partial charge in [0, 0.05) is 35.3 Å². The van der Waals surface area contributed by atoms with E-state index in [1.807, 2.05) is 35.2 Å². The Morgan fingerprint density at radius 1 is 0.875 bits per heavy atom. The highest BCUT2D eigenvalue weighted by atomic mass is 127. The van der Waals surface area contributed by atoms with E-state index in [0.29, 0.717) is 54.1 Å². The predicted molar refractivity (Wildman–Crippen MR) is 131 cm³/mol. The number of ether oxygens (including phenoxy) is 2. The minimum Gasteiger partial charge on any atom is -0.497 e. The maximum Gasteiger partial charge on any atom is 0.243 e. The molecule has 1 aromatic heterocycles. The zero-order valence-corrected chi connectivity index (χ0v) is 20.7. The van der Waals surface area contributed by atoms with Crippen molar-refractivity contribution in [3.63, 3.8) is 0 Å². The highest BCUT2D eigenvalue weighted by molar-refractivity contribution is 14.1. The Morgan fingerprint density at radius 2 is 1.59 bits per heavy atom. The normalized spacial score (nSPS) is 14.9. The van der Waals surface area contributed by atoms with Crippen molar-refractivity contribution in [2.24, 2.45) is 0 Å². The molecule has 0 amide bonds. The van der Waals surface area contributed by atoms with Gasteiger partial charge in [-0.15, -0.1) is 10.2 Å². The number of hydrogen-bond donors (Lipinski definition) is 0. The SMILES string of the molecule is COc1ccc(OC)c(-c2ccc(N3CCN(S(=O)(=O)c4ccc(I)cc4)CC3)nn2)c1. The van der Waals surface area contributed by atoms with Gasteiger partial charge in [0.25, 0.3) is 0 Å². The van der Waals surface area contributed by atoms with Crippen LogP contribution in [0.15, 0.2) is 59.5 Å². The van der Waals surface area contributed by atoms with Crippen molar-refractivity contribution in [3.05, 3.63) is 58.2 Å². The smallest absolute Gasteiger partial charge is 0.243 e. The summed E-state index contributed by atoms with van der Waals surface area (Å²) in [5.41, 5.74) is 1.46. The topological polar surface area (TPSA) is 84.9 Å². The Hall–Kier alpha value is -2.44. The van der Waals surface area contributed by atoms with Gasteiger partial charge in [-0.1, -0.05) is 0 Å². The molecule has 1 aliphatic rings. The van der Waals surface area contributed by atoms with Crippen molar-refractivity contribution in [1.29, 1.82) is 0 Å². The van der Waals surface area contributed by atoms with Crippen molar-refractivity contribution in [2.45, 2.75) is 4.90 Å². The maximum absolute atomic E-state index is 12.9. The average Bonchev–Trinajstić information content (AvgIpc) is 2.84. The summed E-state index contributed by atoms with van der Waals surface area (Å²) in [5, 5.41) is 8.75. The number of aromatic nitrogens is 2. The lowest BCUT2D eigenvalue weighted by atomic mass is 10.1. The predicted octanol–water partition coefficient (Wildman–Crippen LogP) is 3.28. The number of sulfonamides is 1. The molecule has 0 spiro atoms. The lowest BCUT2D eigenvalue weighted by Crippen LogP contribution is -2.49. The summed E-state index contributed by atoms with van der Waals surface area (Å²) in [4.78, 5) is 2.36. The second-order valence-corrected chi connectivity index (χ2v) is 10.4. The van der Waals surface area contributed by atoms with Gasteiger partial charge in [-0.3, -0.25) is 0 Å². The quantitative estimate of drug-likeness (QED) is 0.424. The van der Waals surface area contributed by atoms with Crippen molar-refractivity contribution in [1.82, 2.24) is 14.5 Å². The van der Waals surface area contributed by atoms with E-state index in [1.165, 1.54) is 4.31 Å². The van der Waals surface area contributed by atoms with Crippen molar-refractivity contribution < 1.29 is 17.9 Å². The van der Waals surface area contributed by atoms with E-state index < -0.39 is 10.0 Å². The first-order chi connectivity index (χ1) is 15.4. The van der Waals surface area contributed by atoms with Gasteiger partial charge in [0.2, 0.25) is 10.0 Å². The van der Waals surface area contributed by atoms with Gasteiger partial charge in [-0.25, -0.2) is 8.42 Å². The summed E-state index contributed by atoms with van der Waals surface area (Å²) in [6.45, 7) is 1.86. The van der Waals surface area contributed by atoms with E-state index in [0.717, 1.165) is 9.13 Å². The number of hydrogen-bond acceptors (Lipinski definition) is 7. The highest BCUT2D eigenvalue weighted by Gasteiger charge is 2.29. The molecular weight excluding hydrogens is 543 g/mol. The van der Waals surface area contributed by atoms with Crippen LogP contribution in [0.4, 0.5) is 5.82 Å². The molecule has 0 unspecified atom stereocenters. The first-order valence-electron chi connectivity index (χ1n) is 9.99. The van der Waals surface area contributed by atoms with E-state index in [-0.39, 0.29) is 0 Å². The first-order valence-corrected chi connectivity index (χ1v) is 12.5. The summed E-state index contributed by atoms with van der Waals surface area (Å²) < 4.78 is 39.1. The minimum absolute atomic E-state index is 0.322. The van der Waals surface area contributed by atoms with Gasteiger partial charge in [0.1, 0.15) is 11.5 Å². The number of halogens is 1. The molecule has 8 nitrogen and oxygen atoms in total. The van der Waals surface area contributed by atoms with Gasteiger partial charge in [-0.05, 0) is 77.2 Å². The average molecular weight is 566 g/mol. The van der Waals surface area contributed by atoms with Crippen LogP contribution < -0.4 is 14.4 Å². The third-order valence-electron chi connectivity index (χ3n) is 5.35. The van der Waals surface area contributed by atoms with Gasteiger partial charge < -0.3 is 14.4 Å². The van der Waals surface area contributed by atoms with Crippen LogP contribution in [0.3, 0.4) is 0 Å². The second-order valence-electron chi connectivity index (χ2n) is 7.19. The van der Waals surface area contributed by atoms with E-state index in [1.54, 1.807) is 38.5 Å². The Labute approximate surface area is 201 Å². The number of methoxy groups -OCH3 is 2. The molecule has 1 fully saturated rings. The van der Waals surface area contributed by atoms with Gasteiger partial charge >= 0.3 is 0 Å². The van der Waals surface area contributed by atoms with Crippen molar-refractivity contribution >= 4 is 38.4 Å². The highest BCUT2D eigenvalue weighted by Crippen LogP contribution is 2.32. The molecule has 32 heavy (non-hydrogen) atoms. The van der Waals surface area contributed by atoms with E-state index in [9.17, 15) is 8.42 Å². The third kappa shape index (κ3) is 4.66. The van der Waals surface area contributed by atoms with Gasteiger partial charge in [-0.2, -0.15) is 4.31 Å². The zero-order chi connectivity index (χ0) is 22.7. The van der Waals surface area contributed by atoms with Gasteiger partial charge in [0.15, 0.2) is 5.82 Å². The fraction of sp³-hybridized carbons (Fsp3) is 0.273. The lowest BCUT2D eigenvalue weighted by molar-refractivity contribution is 0.383. The fourth-order valence-electron chi connectivity index (χ4n) is 3.56. The molecule has 0 N–H and O–H groups in total. The summed E-state index contributed by atoms with van der Waals surface area (Å²) in [6.07, 6.45) is 0. The molecule has 0 saturated carbocycles. The van der Waals surface area contributed by atoms with Crippen LogP contribution in [-0.4, -0.2) is 63.3 Å². The molecule has 1 aliphatic heterocycles. The number of nitrogens with zero attached hydrogens (tertiary/aromatic N) is 4. The molecule has 168 valence electrons. The Morgan fingerprint density at radius 3 is 2.19 bits per heavy atom. The lowest BCUT2D eigenvalue weighted by Gasteiger charge is -2.34. The van der Waals surface area contributed by atoms with Crippen LogP contribution >= 0.6 is 22.6 Å². The molecular formula is C22H23IN4O4S. The molecule has 2 aromatic carbocycles. The second kappa shape index (κ2) is 9.59. The summed E-state index contributed by atoms with van der Waals surface area (Å²) >= 11 is 2.16. The summed E-state index contributed by atoms with van der Waals surface area (Å²) in [7, 11) is -0.282. The van der Waals surface area contributed by atoms with E-state index >= 15 is 0 Å². The van der Waals surface area contributed by atoms with Crippen LogP contribution in [0.25, 0.3) is 11.3 Å². The molecule has 0 atom stereocenters. The van der Waals surface area contributed by atoms with Crippen LogP contribution in [0.1, 0.15) is 0 Å². The Bertz CT molecular complexity index is 1180. The molecule has 1 saturated heterocycles.